The summed E-state index contributed by atoms with van der Waals surface area (Å²) in [6.07, 6.45) is 0. The Morgan fingerprint density at radius 2 is 1.61 bits per heavy atom. The number of anilines is 1. The molecule has 1 aliphatic heterocycles. The number of Topliss-reactive ketones (excluding diaryl/α,β-unsaturated/α-hetero) is 1. The topological polar surface area (TPSA) is 84.0 Å². The summed E-state index contributed by atoms with van der Waals surface area (Å²) in [6, 6.07) is 10.3. The van der Waals surface area contributed by atoms with Crippen LogP contribution in [-0.4, -0.2) is 70.7 Å². The fraction of sp³-hybridized carbons (Fsp3) is 0.364. The van der Waals surface area contributed by atoms with Crippen LogP contribution in [0.15, 0.2) is 47.4 Å². The summed E-state index contributed by atoms with van der Waals surface area (Å²) in [5, 5.41) is 0. The first-order chi connectivity index (χ1) is 14.7. The Kier molecular flexibility index (Phi) is 7.07. The molecule has 31 heavy (non-hydrogen) atoms. The van der Waals surface area contributed by atoms with Crippen molar-refractivity contribution < 1.29 is 27.1 Å². The largest absolute Gasteiger partial charge is 0.384 e. The van der Waals surface area contributed by atoms with E-state index in [0.29, 0.717) is 43.0 Å². The number of nitrogens with zero attached hydrogens (tertiary/aromatic N) is 2. The molecule has 0 atom stereocenters. The fourth-order valence-electron chi connectivity index (χ4n) is 3.43. The van der Waals surface area contributed by atoms with Crippen molar-refractivity contribution in [2.24, 2.45) is 0 Å². The first-order valence-electron chi connectivity index (χ1n) is 9.89. The molecule has 1 saturated heterocycles. The number of methoxy groups -OCH3 is 1. The lowest BCUT2D eigenvalue weighted by Crippen LogP contribution is -2.49. The van der Waals surface area contributed by atoms with Crippen LogP contribution >= 0.6 is 0 Å². The van der Waals surface area contributed by atoms with Crippen LogP contribution in [0, 0.1) is 5.82 Å². The van der Waals surface area contributed by atoms with Crippen molar-refractivity contribution in [2.75, 3.05) is 50.5 Å². The van der Waals surface area contributed by atoms with Gasteiger partial charge in [0.15, 0.2) is 15.6 Å². The van der Waals surface area contributed by atoms with Crippen molar-refractivity contribution in [3.05, 3.63) is 59.4 Å². The quantitative estimate of drug-likeness (QED) is 0.605. The Hall–Kier alpha value is -2.78. The number of hydrogen-bond donors (Lipinski definition) is 0. The highest BCUT2D eigenvalue weighted by atomic mass is 32.2. The number of sulfone groups is 1. The van der Waals surface area contributed by atoms with Crippen molar-refractivity contribution in [3.8, 4) is 0 Å². The summed E-state index contributed by atoms with van der Waals surface area (Å²) in [6.45, 7) is 3.20. The van der Waals surface area contributed by atoms with E-state index in [1.165, 1.54) is 44.4 Å². The van der Waals surface area contributed by atoms with E-state index < -0.39 is 15.7 Å². The molecule has 2 aromatic carbocycles. The van der Waals surface area contributed by atoms with Gasteiger partial charge in [0.1, 0.15) is 5.82 Å². The smallest absolute Gasteiger partial charge is 0.253 e. The molecule has 1 aliphatic rings. The second-order valence-electron chi connectivity index (χ2n) is 7.34. The molecule has 2 aromatic rings. The van der Waals surface area contributed by atoms with Crippen LogP contribution < -0.4 is 4.90 Å². The number of ketones is 1. The predicted molar refractivity (Wildman–Crippen MR) is 115 cm³/mol. The van der Waals surface area contributed by atoms with Crippen LogP contribution in [0.3, 0.4) is 0 Å². The Labute approximate surface area is 181 Å². The Morgan fingerprint density at radius 1 is 1.00 bits per heavy atom. The number of piperazine rings is 1. The third-order valence-corrected chi connectivity index (χ3v) is 6.97. The van der Waals surface area contributed by atoms with Crippen LogP contribution in [0.25, 0.3) is 0 Å². The summed E-state index contributed by atoms with van der Waals surface area (Å²) in [5.74, 6) is -0.980. The summed E-state index contributed by atoms with van der Waals surface area (Å²) >= 11 is 0. The fourth-order valence-corrected chi connectivity index (χ4v) is 4.60. The predicted octanol–water partition coefficient (Wildman–Crippen LogP) is 2.41. The highest BCUT2D eigenvalue weighted by Gasteiger charge is 2.24. The molecule has 0 N–H and O–H groups in total. The number of benzene rings is 2. The van der Waals surface area contributed by atoms with Gasteiger partial charge in [0.25, 0.3) is 5.91 Å². The molecule has 0 spiro atoms. The average molecular weight is 449 g/mol. The highest BCUT2D eigenvalue weighted by Crippen LogP contribution is 2.23. The minimum Gasteiger partial charge on any atom is -0.384 e. The van der Waals surface area contributed by atoms with E-state index >= 15 is 0 Å². The second-order valence-corrected chi connectivity index (χ2v) is 9.45. The molecule has 0 radical (unpaired) electrons. The third-order valence-electron chi connectivity index (χ3n) is 5.28. The first kappa shape index (κ1) is 22.9. The van der Waals surface area contributed by atoms with Crippen molar-refractivity contribution in [1.29, 1.82) is 0 Å². The average Bonchev–Trinajstić information content (AvgIpc) is 2.77. The Balaban J connectivity index is 1.63. The van der Waals surface area contributed by atoms with E-state index in [4.69, 9.17) is 4.74 Å². The first-order valence-corrected chi connectivity index (χ1v) is 11.5. The molecular formula is C22H25FN2O5S. The number of ether oxygens (including phenoxy) is 1. The lowest BCUT2D eigenvalue weighted by molar-refractivity contribution is 0.0746. The lowest BCUT2D eigenvalue weighted by Gasteiger charge is -2.36. The molecule has 1 amide bonds. The molecule has 0 saturated carbocycles. The number of amides is 1. The number of hydrogen-bond acceptors (Lipinski definition) is 6. The zero-order valence-electron chi connectivity index (χ0n) is 17.5. The zero-order chi connectivity index (χ0) is 22.6. The molecule has 1 heterocycles. The van der Waals surface area contributed by atoms with Gasteiger partial charge in [0.05, 0.1) is 22.9 Å². The minimum atomic E-state index is -3.45. The molecule has 0 unspecified atom stereocenters. The van der Waals surface area contributed by atoms with Crippen LogP contribution in [0.4, 0.5) is 10.1 Å². The lowest BCUT2D eigenvalue weighted by atomic mass is 10.1. The molecule has 166 valence electrons. The normalized spacial score (nSPS) is 14.5. The summed E-state index contributed by atoms with van der Waals surface area (Å²) < 4.78 is 43.6. The van der Waals surface area contributed by atoms with Crippen molar-refractivity contribution >= 4 is 27.2 Å². The van der Waals surface area contributed by atoms with E-state index in [2.05, 4.69) is 0 Å². The van der Waals surface area contributed by atoms with Gasteiger partial charge in [0, 0.05) is 44.4 Å². The zero-order valence-corrected chi connectivity index (χ0v) is 18.3. The summed E-state index contributed by atoms with van der Waals surface area (Å²) in [4.78, 5) is 27.8. The second kappa shape index (κ2) is 9.57. The van der Waals surface area contributed by atoms with Gasteiger partial charge in [-0.15, -0.1) is 0 Å². The van der Waals surface area contributed by atoms with Gasteiger partial charge in [-0.05, 0) is 49.4 Å². The standard InChI is InChI=1S/C22H25FN2O5S/c1-16(26)18-5-8-21(20(23)15-18)24-9-11-25(12-10-24)22(27)17-3-6-19(7-4-17)31(28,29)14-13-30-2/h3-8,15H,9-14H2,1-2H3. The maximum atomic E-state index is 14.4. The van der Waals surface area contributed by atoms with E-state index in [1.807, 2.05) is 4.90 Å². The van der Waals surface area contributed by atoms with E-state index in [9.17, 15) is 22.4 Å². The van der Waals surface area contributed by atoms with Crippen LogP contribution in [0.1, 0.15) is 27.6 Å². The molecule has 0 bridgehead atoms. The number of halogens is 1. The van der Waals surface area contributed by atoms with Crippen LogP contribution in [-0.2, 0) is 14.6 Å². The maximum Gasteiger partial charge on any atom is 0.253 e. The molecular weight excluding hydrogens is 423 g/mol. The highest BCUT2D eigenvalue weighted by molar-refractivity contribution is 7.91. The maximum absolute atomic E-state index is 14.4. The molecule has 0 aromatic heterocycles. The van der Waals surface area contributed by atoms with Gasteiger partial charge < -0.3 is 14.5 Å². The SMILES string of the molecule is COCCS(=O)(=O)c1ccc(C(=O)N2CCN(c3ccc(C(C)=O)cc3F)CC2)cc1. The Bertz CT molecular complexity index is 1060. The van der Waals surface area contributed by atoms with Crippen molar-refractivity contribution in [3.63, 3.8) is 0 Å². The van der Waals surface area contributed by atoms with Crippen LogP contribution in [0.5, 0.6) is 0 Å². The van der Waals surface area contributed by atoms with Gasteiger partial charge in [-0.2, -0.15) is 0 Å². The number of rotatable bonds is 7. The van der Waals surface area contributed by atoms with Gasteiger partial charge in [-0.1, -0.05) is 0 Å². The molecule has 0 aliphatic carbocycles. The van der Waals surface area contributed by atoms with Gasteiger partial charge >= 0.3 is 0 Å². The van der Waals surface area contributed by atoms with Crippen LogP contribution in [0.2, 0.25) is 0 Å². The molecule has 7 nitrogen and oxygen atoms in total. The molecule has 3 rings (SSSR count). The van der Waals surface area contributed by atoms with Crippen molar-refractivity contribution in [2.45, 2.75) is 11.8 Å². The Morgan fingerprint density at radius 3 is 2.16 bits per heavy atom. The molecule has 1 fully saturated rings. The van der Waals surface area contributed by atoms with E-state index in [1.54, 1.807) is 17.0 Å². The summed E-state index contributed by atoms with van der Waals surface area (Å²) in [7, 11) is -2.02. The van der Waals surface area contributed by atoms with E-state index in [0.717, 1.165) is 0 Å². The van der Waals surface area contributed by atoms with E-state index in [-0.39, 0.29) is 28.9 Å². The molecule has 9 heteroatoms. The van der Waals surface area contributed by atoms with Crippen molar-refractivity contribution in [1.82, 2.24) is 4.90 Å². The monoisotopic (exact) mass is 448 g/mol. The number of carbonyl (C=O) groups excluding carboxylic acids is 2. The van der Waals surface area contributed by atoms with Gasteiger partial charge in [-0.25, -0.2) is 12.8 Å². The number of carbonyl (C=O) groups is 2. The minimum absolute atomic E-state index is 0.103. The van der Waals surface area contributed by atoms with Gasteiger partial charge in [-0.3, -0.25) is 9.59 Å². The third kappa shape index (κ3) is 5.29. The van der Waals surface area contributed by atoms with Gasteiger partial charge in [0.2, 0.25) is 0 Å². The summed E-state index contributed by atoms with van der Waals surface area (Å²) in [5.41, 5.74) is 1.13.